The molecule has 0 aliphatic rings. The van der Waals surface area contributed by atoms with Crippen LogP contribution in [-0.2, 0) is 4.79 Å². The molecule has 0 fully saturated rings. The van der Waals surface area contributed by atoms with Crippen molar-refractivity contribution in [3.8, 4) is 0 Å². The van der Waals surface area contributed by atoms with Crippen LogP contribution in [0.2, 0.25) is 0 Å². The van der Waals surface area contributed by atoms with E-state index in [-0.39, 0.29) is 0 Å². The van der Waals surface area contributed by atoms with Gasteiger partial charge in [-0.05, 0) is 11.5 Å². The molecule has 0 radical (unpaired) electrons. The minimum atomic E-state index is -0.833. The summed E-state index contributed by atoms with van der Waals surface area (Å²) in [6.07, 6.45) is 0. The van der Waals surface area contributed by atoms with Crippen molar-refractivity contribution in [2.75, 3.05) is 11.5 Å². The summed E-state index contributed by atoms with van der Waals surface area (Å²) in [4.78, 5) is 9.00. The molecule has 0 aromatic heterocycles. The lowest BCUT2D eigenvalue weighted by atomic mass is 10.9. The molecule has 0 rings (SSSR count). The van der Waals surface area contributed by atoms with Crippen molar-refractivity contribution in [3.05, 3.63) is 0 Å². The minimum Gasteiger partial charge on any atom is -0.481 e. The van der Waals surface area contributed by atoms with E-state index in [9.17, 15) is 0 Å². The van der Waals surface area contributed by atoms with Crippen LogP contribution in [0.3, 0.4) is 0 Å². The molecule has 0 amide bonds. The molecule has 8 heavy (non-hydrogen) atoms. The van der Waals surface area contributed by atoms with Gasteiger partial charge in [0.15, 0.2) is 0 Å². The van der Waals surface area contributed by atoms with Gasteiger partial charge in [-0.1, -0.05) is 0 Å². The summed E-state index contributed by atoms with van der Waals surface area (Å²) in [6.45, 7) is 1.08. The van der Waals surface area contributed by atoms with Gasteiger partial charge in [-0.3, -0.25) is 4.79 Å². The van der Waals surface area contributed by atoms with Gasteiger partial charge in [0.2, 0.25) is 0 Å². The Hall–Kier alpha value is 0.170. The van der Waals surface area contributed by atoms with Crippen molar-refractivity contribution in [3.63, 3.8) is 0 Å². The third-order valence-corrected chi connectivity index (χ3v) is 0.900. The maximum Gasteiger partial charge on any atom is 0.300 e. The van der Waals surface area contributed by atoms with Gasteiger partial charge in [-0.25, -0.2) is 0 Å². The zero-order chi connectivity index (χ0) is 6.99. The Balaban J connectivity index is 0. The van der Waals surface area contributed by atoms with Gasteiger partial charge in [0.05, 0.1) is 0 Å². The van der Waals surface area contributed by atoms with E-state index in [1.165, 1.54) is 0 Å². The Labute approximate surface area is 60.1 Å². The summed E-state index contributed by atoms with van der Waals surface area (Å²) in [5, 5.41) is 7.42. The lowest BCUT2D eigenvalue weighted by Crippen LogP contribution is -1.78. The van der Waals surface area contributed by atoms with Gasteiger partial charge in [0.25, 0.3) is 5.97 Å². The third-order valence-electron chi connectivity index (χ3n) is 0.1000. The second-order valence-electron chi connectivity index (χ2n) is 0.966. The first-order valence-electron chi connectivity index (χ1n) is 2.06. The van der Waals surface area contributed by atoms with E-state index >= 15 is 0 Å². The minimum absolute atomic E-state index is 0.833. The van der Waals surface area contributed by atoms with E-state index in [1.807, 2.05) is 0 Å². The molecule has 0 heterocycles. The van der Waals surface area contributed by atoms with Gasteiger partial charge in [-0.15, -0.1) is 0 Å². The number of carboxylic acids is 1. The second kappa shape index (κ2) is 10.2. The zero-order valence-corrected chi connectivity index (χ0v) is 6.45. The fourth-order valence-electron chi connectivity index (χ4n) is 0. The van der Waals surface area contributed by atoms with Crippen LogP contribution in [0.4, 0.5) is 0 Å². The Morgan fingerprint density at radius 3 is 1.62 bits per heavy atom. The van der Waals surface area contributed by atoms with Crippen LogP contribution in [0, 0.1) is 0 Å². The Morgan fingerprint density at radius 2 is 1.62 bits per heavy atom. The molecule has 0 saturated heterocycles. The summed E-state index contributed by atoms with van der Waals surface area (Å²) in [5.74, 6) is 0.923. The molecule has 2 nitrogen and oxygen atoms in total. The standard InChI is InChI=1S/C2H4O2.C2H6S2/c1-2(3)4;3-1-2-4/h1H3,(H,3,4);3-4H,1-2H2. The third kappa shape index (κ3) is 120. The van der Waals surface area contributed by atoms with Gasteiger partial charge >= 0.3 is 0 Å². The molecule has 4 heteroatoms. The molecule has 0 aromatic rings. The molecule has 50 valence electrons. The molecule has 0 unspecified atom stereocenters. The number of hydrogen-bond donors (Lipinski definition) is 3. The van der Waals surface area contributed by atoms with E-state index in [1.54, 1.807) is 0 Å². The number of rotatable bonds is 1. The van der Waals surface area contributed by atoms with E-state index in [0.29, 0.717) is 0 Å². The van der Waals surface area contributed by atoms with E-state index < -0.39 is 5.97 Å². The fourth-order valence-corrected chi connectivity index (χ4v) is 0. The first-order chi connectivity index (χ1) is 3.65. The van der Waals surface area contributed by atoms with E-state index in [2.05, 4.69) is 25.3 Å². The smallest absolute Gasteiger partial charge is 0.300 e. The highest BCUT2D eigenvalue weighted by atomic mass is 32.1. The van der Waals surface area contributed by atoms with E-state index in [4.69, 9.17) is 9.90 Å². The van der Waals surface area contributed by atoms with Crippen LogP contribution in [0.25, 0.3) is 0 Å². The predicted molar refractivity (Wildman–Crippen MR) is 41.0 cm³/mol. The van der Waals surface area contributed by atoms with Crippen molar-refractivity contribution in [2.45, 2.75) is 6.92 Å². The van der Waals surface area contributed by atoms with Crippen molar-refractivity contribution in [1.29, 1.82) is 0 Å². The van der Waals surface area contributed by atoms with Gasteiger partial charge in [-0.2, -0.15) is 25.3 Å². The maximum atomic E-state index is 9.00. The predicted octanol–water partition coefficient (Wildman–Crippen LogP) is 0.937. The highest BCUT2D eigenvalue weighted by Crippen LogP contribution is 1.73. The zero-order valence-electron chi connectivity index (χ0n) is 4.66. The summed E-state index contributed by atoms with van der Waals surface area (Å²) in [5.41, 5.74) is 0. The highest BCUT2D eigenvalue weighted by molar-refractivity contribution is 7.84. The van der Waals surface area contributed by atoms with Crippen LogP contribution in [0.5, 0.6) is 0 Å². The fraction of sp³-hybridized carbons (Fsp3) is 0.750. The largest absolute Gasteiger partial charge is 0.481 e. The number of aliphatic carboxylic acids is 1. The average molecular weight is 154 g/mol. The van der Waals surface area contributed by atoms with Crippen LogP contribution in [0.15, 0.2) is 0 Å². The lowest BCUT2D eigenvalue weighted by Gasteiger charge is -1.67. The summed E-state index contributed by atoms with van der Waals surface area (Å²) < 4.78 is 0. The van der Waals surface area contributed by atoms with Crippen LogP contribution in [0.1, 0.15) is 6.92 Å². The van der Waals surface area contributed by atoms with Crippen LogP contribution in [-0.4, -0.2) is 22.6 Å². The molecular weight excluding hydrogens is 144 g/mol. The van der Waals surface area contributed by atoms with Gasteiger partial charge in [0.1, 0.15) is 0 Å². The highest BCUT2D eigenvalue weighted by Gasteiger charge is 1.65. The lowest BCUT2D eigenvalue weighted by molar-refractivity contribution is -0.134. The second-order valence-corrected chi connectivity index (χ2v) is 1.86. The summed E-state index contributed by atoms with van der Waals surface area (Å²) in [6, 6.07) is 0. The summed E-state index contributed by atoms with van der Waals surface area (Å²) >= 11 is 7.69. The Morgan fingerprint density at radius 1 is 1.50 bits per heavy atom. The summed E-state index contributed by atoms with van der Waals surface area (Å²) in [7, 11) is 0. The quantitative estimate of drug-likeness (QED) is 0.492. The molecular formula is C4H10O2S2. The monoisotopic (exact) mass is 154 g/mol. The SMILES string of the molecule is CC(=O)O.SCCS. The molecule has 0 aliphatic heterocycles. The van der Waals surface area contributed by atoms with Crippen molar-refractivity contribution in [1.82, 2.24) is 0 Å². The molecule has 1 N–H and O–H groups in total. The average Bonchev–Trinajstić information content (AvgIpc) is 1.65. The van der Waals surface area contributed by atoms with Crippen molar-refractivity contribution < 1.29 is 9.90 Å². The maximum absolute atomic E-state index is 9.00. The molecule has 0 spiro atoms. The van der Waals surface area contributed by atoms with Gasteiger partial charge < -0.3 is 5.11 Å². The van der Waals surface area contributed by atoms with Crippen molar-refractivity contribution in [2.24, 2.45) is 0 Å². The van der Waals surface area contributed by atoms with Gasteiger partial charge in [0, 0.05) is 6.92 Å². The number of carboxylic acid groups (broad SMARTS) is 1. The molecule has 0 aliphatic carbocycles. The first-order valence-corrected chi connectivity index (χ1v) is 3.33. The topological polar surface area (TPSA) is 37.3 Å². The molecule has 0 aromatic carbocycles. The number of hydrogen-bond acceptors (Lipinski definition) is 3. The Kier molecular flexibility index (Phi) is 14.1. The molecule has 0 atom stereocenters. The Bertz CT molecular complexity index is 50.0. The van der Waals surface area contributed by atoms with E-state index in [0.717, 1.165) is 18.4 Å². The normalized spacial score (nSPS) is 6.88. The van der Waals surface area contributed by atoms with Crippen LogP contribution < -0.4 is 0 Å². The first kappa shape index (κ1) is 11.0. The molecule has 0 saturated carbocycles. The number of thiol groups is 2. The number of carbonyl (C=O) groups is 1. The van der Waals surface area contributed by atoms with Crippen molar-refractivity contribution >= 4 is 31.2 Å². The van der Waals surface area contributed by atoms with Crippen LogP contribution >= 0.6 is 25.3 Å². The molecule has 0 bridgehead atoms.